The highest BCUT2D eigenvalue weighted by molar-refractivity contribution is 5.91. The Morgan fingerprint density at radius 2 is 1.86 bits per heavy atom. The molecular weight excluding hydrogens is 552 g/mol. The Kier molecular flexibility index (Phi) is 9.18. The van der Waals surface area contributed by atoms with Gasteiger partial charge in [0.05, 0.1) is 12.2 Å². The molecule has 2 aliphatic rings. The summed E-state index contributed by atoms with van der Waals surface area (Å²) in [6.45, 7) is 6.95. The van der Waals surface area contributed by atoms with E-state index in [0.29, 0.717) is 36.6 Å². The van der Waals surface area contributed by atoms with Crippen LogP contribution in [0.15, 0.2) is 48.5 Å². The van der Waals surface area contributed by atoms with Gasteiger partial charge >= 0.3 is 6.09 Å². The van der Waals surface area contributed by atoms with E-state index in [9.17, 15) is 14.4 Å². The molecule has 1 aromatic heterocycles. The van der Waals surface area contributed by atoms with Gasteiger partial charge in [-0.05, 0) is 52.0 Å². The van der Waals surface area contributed by atoms with Gasteiger partial charge in [-0.2, -0.15) is 5.10 Å². The molecule has 1 saturated carbocycles. The van der Waals surface area contributed by atoms with Gasteiger partial charge in [0.2, 0.25) is 0 Å². The lowest BCUT2D eigenvalue weighted by Gasteiger charge is -2.47. The normalized spacial score (nSPS) is 18.8. The summed E-state index contributed by atoms with van der Waals surface area (Å²) in [7, 11) is 0. The number of carbonyl (C=O) groups excluding carboxylic acids is 3. The smallest absolute Gasteiger partial charge is 0.410 e. The van der Waals surface area contributed by atoms with Gasteiger partial charge in [0.25, 0.3) is 5.91 Å². The number of aromatic nitrogens is 2. The van der Waals surface area contributed by atoms with Gasteiger partial charge in [0, 0.05) is 41.9 Å². The first-order valence-electron chi connectivity index (χ1n) is 14.6. The molecule has 1 aliphatic heterocycles. The van der Waals surface area contributed by atoms with Crippen LogP contribution in [-0.4, -0.2) is 64.8 Å². The van der Waals surface area contributed by atoms with Crippen LogP contribution in [0.5, 0.6) is 17.2 Å². The quantitative estimate of drug-likeness (QED) is 0.265. The Morgan fingerprint density at radius 1 is 1.09 bits per heavy atom. The van der Waals surface area contributed by atoms with Gasteiger partial charge < -0.3 is 29.2 Å². The van der Waals surface area contributed by atoms with Crippen molar-refractivity contribution in [3.8, 4) is 17.2 Å². The number of benzene rings is 2. The molecule has 2 atom stereocenters. The van der Waals surface area contributed by atoms with Crippen molar-refractivity contribution >= 4 is 24.1 Å². The minimum atomic E-state index is -0.446. The van der Waals surface area contributed by atoms with Gasteiger partial charge in [-0.25, -0.2) is 4.79 Å². The van der Waals surface area contributed by atoms with Crippen molar-refractivity contribution in [2.45, 2.75) is 70.6 Å². The van der Waals surface area contributed by atoms with Crippen molar-refractivity contribution in [1.29, 1.82) is 0 Å². The lowest BCUT2D eigenvalue weighted by molar-refractivity contribution is -0.118. The van der Waals surface area contributed by atoms with Gasteiger partial charge in [-0.1, -0.05) is 30.3 Å². The van der Waals surface area contributed by atoms with Crippen molar-refractivity contribution < 1.29 is 33.3 Å². The molecule has 1 unspecified atom stereocenters. The van der Waals surface area contributed by atoms with E-state index < -0.39 is 5.91 Å². The summed E-state index contributed by atoms with van der Waals surface area (Å²) < 4.78 is 23.1. The first kappa shape index (κ1) is 29.9. The van der Waals surface area contributed by atoms with E-state index in [1.54, 1.807) is 23.1 Å². The highest BCUT2D eigenvalue weighted by Crippen LogP contribution is 2.38. The number of amides is 2. The third-order valence-corrected chi connectivity index (χ3v) is 7.96. The van der Waals surface area contributed by atoms with E-state index in [0.717, 1.165) is 37.1 Å². The van der Waals surface area contributed by atoms with E-state index in [2.05, 4.69) is 15.5 Å². The Hall–Kier alpha value is -4.54. The fourth-order valence-electron chi connectivity index (χ4n) is 5.39. The van der Waals surface area contributed by atoms with Gasteiger partial charge in [-0.3, -0.25) is 14.7 Å². The van der Waals surface area contributed by atoms with E-state index in [4.69, 9.17) is 18.9 Å². The molecule has 1 saturated heterocycles. The second-order valence-corrected chi connectivity index (χ2v) is 11.4. The highest BCUT2D eigenvalue weighted by atomic mass is 16.6. The molecule has 2 heterocycles. The van der Waals surface area contributed by atoms with Crippen LogP contribution in [0, 0.1) is 0 Å². The van der Waals surface area contributed by atoms with E-state index in [1.807, 2.05) is 51.1 Å². The molecule has 2 aromatic carbocycles. The summed E-state index contributed by atoms with van der Waals surface area (Å²) in [5.74, 6) is 0.983. The number of nitrogens with one attached hydrogen (secondary N) is 2. The van der Waals surface area contributed by atoms with Crippen molar-refractivity contribution in [1.82, 2.24) is 15.1 Å². The largest absolute Gasteiger partial charge is 0.494 e. The van der Waals surface area contributed by atoms with Crippen molar-refractivity contribution in [2.75, 3.05) is 25.1 Å². The molecule has 1 aliphatic carbocycles. The lowest BCUT2D eigenvalue weighted by atomic mass is 9.90. The number of hydrogen-bond acceptors (Lipinski definition) is 8. The molecule has 0 radical (unpaired) electrons. The van der Waals surface area contributed by atoms with E-state index in [1.165, 1.54) is 0 Å². The monoisotopic (exact) mass is 590 g/mol. The SMILES string of the molecule is CCOc1cc(OCC(=O)Nc2cc([C@H]3CCC(OC(=O)N4CCC4(C)C)C3)[nH]n2)c(C=O)c(OCc2ccccc2)c1. The fourth-order valence-corrected chi connectivity index (χ4v) is 5.39. The number of nitrogens with zero attached hydrogens (tertiary/aromatic N) is 2. The molecule has 43 heavy (non-hydrogen) atoms. The first-order chi connectivity index (χ1) is 20.8. The molecule has 2 N–H and O–H groups in total. The Bertz CT molecular complexity index is 1440. The van der Waals surface area contributed by atoms with Crippen molar-refractivity contribution in [3.63, 3.8) is 0 Å². The standard InChI is InChI=1S/C32H38N4O7/c1-4-40-24-15-27(41-19-21-8-6-5-7-9-21)25(18-37)28(16-24)42-20-30(38)33-29-17-26(34-35-29)22-10-11-23(14-22)43-31(39)36-13-12-32(36,2)3/h5-9,15-18,22-23H,4,10-14,19-20H2,1-3H3,(H2,33,34,35,38)/t22-,23?/m0/s1. The topological polar surface area (TPSA) is 132 Å². The Labute approximate surface area is 250 Å². The van der Waals surface area contributed by atoms with Gasteiger partial charge in [-0.15, -0.1) is 0 Å². The summed E-state index contributed by atoms with van der Waals surface area (Å²) in [6, 6.07) is 14.5. The van der Waals surface area contributed by atoms with Crippen molar-refractivity contribution in [3.05, 3.63) is 65.4 Å². The van der Waals surface area contributed by atoms with E-state index >= 15 is 0 Å². The predicted octanol–water partition coefficient (Wildman–Crippen LogP) is 5.47. The van der Waals surface area contributed by atoms with Crippen LogP contribution in [0.1, 0.15) is 74.0 Å². The Balaban J connectivity index is 1.15. The van der Waals surface area contributed by atoms with Crippen LogP contribution >= 0.6 is 0 Å². The Morgan fingerprint density at radius 3 is 2.53 bits per heavy atom. The molecule has 0 bridgehead atoms. The molecule has 5 rings (SSSR count). The number of carbonyl (C=O) groups is 3. The van der Waals surface area contributed by atoms with Crippen LogP contribution in [0.3, 0.4) is 0 Å². The molecule has 0 spiro atoms. The maximum atomic E-state index is 12.7. The number of anilines is 1. The van der Waals surface area contributed by atoms with E-state index in [-0.39, 0.29) is 48.2 Å². The molecular formula is C32H38N4O7. The summed E-state index contributed by atoms with van der Waals surface area (Å²) in [6.07, 6.45) is 3.53. The molecule has 2 fully saturated rings. The summed E-state index contributed by atoms with van der Waals surface area (Å²) in [4.78, 5) is 39.0. The third kappa shape index (κ3) is 7.28. The van der Waals surface area contributed by atoms with Crippen LogP contribution in [0.25, 0.3) is 0 Å². The maximum absolute atomic E-state index is 12.7. The summed E-state index contributed by atoms with van der Waals surface area (Å²) in [5, 5.41) is 9.95. The third-order valence-electron chi connectivity index (χ3n) is 7.96. The molecule has 3 aromatic rings. The molecule has 11 nitrogen and oxygen atoms in total. The second-order valence-electron chi connectivity index (χ2n) is 11.4. The van der Waals surface area contributed by atoms with Crippen LogP contribution in [0.2, 0.25) is 0 Å². The van der Waals surface area contributed by atoms with Gasteiger partial charge in [0.1, 0.15) is 30.0 Å². The zero-order chi connectivity index (χ0) is 30.4. The minimum absolute atomic E-state index is 0.141. The average molecular weight is 591 g/mol. The number of rotatable bonds is 12. The summed E-state index contributed by atoms with van der Waals surface area (Å²) in [5.41, 5.74) is 1.84. The minimum Gasteiger partial charge on any atom is -0.494 e. The predicted molar refractivity (Wildman–Crippen MR) is 159 cm³/mol. The zero-order valence-electron chi connectivity index (χ0n) is 24.8. The number of hydrogen-bond donors (Lipinski definition) is 2. The highest BCUT2D eigenvalue weighted by Gasteiger charge is 2.42. The van der Waals surface area contributed by atoms with Crippen LogP contribution < -0.4 is 19.5 Å². The maximum Gasteiger partial charge on any atom is 0.410 e. The number of aromatic amines is 1. The van der Waals surface area contributed by atoms with Crippen molar-refractivity contribution in [2.24, 2.45) is 0 Å². The lowest BCUT2D eigenvalue weighted by Crippen LogP contribution is -2.58. The second kappa shape index (κ2) is 13.2. The zero-order valence-corrected chi connectivity index (χ0v) is 24.8. The molecule has 228 valence electrons. The molecule has 11 heteroatoms. The summed E-state index contributed by atoms with van der Waals surface area (Å²) >= 11 is 0. The number of H-pyrrole nitrogens is 1. The fraction of sp³-hybridized carbons (Fsp3) is 0.438. The number of likely N-dealkylation sites (tertiary alicyclic amines) is 1. The van der Waals surface area contributed by atoms with Gasteiger partial charge in [0.15, 0.2) is 18.7 Å². The average Bonchev–Trinajstić information content (AvgIpc) is 3.64. The number of aldehydes is 1. The first-order valence-corrected chi connectivity index (χ1v) is 14.6. The molecule has 2 amide bonds. The number of ether oxygens (including phenoxy) is 4. The van der Waals surface area contributed by atoms with Crippen LogP contribution in [-0.2, 0) is 16.1 Å². The van der Waals surface area contributed by atoms with Crippen LogP contribution in [0.4, 0.5) is 10.6 Å².